The van der Waals surface area contributed by atoms with Crippen molar-refractivity contribution in [1.82, 2.24) is 9.97 Å². The molecule has 2 aromatic rings. The third-order valence-electron chi connectivity index (χ3n) is 2.75. The summed E-state index contributed by atoms with van der Waals surface area (Å²) in [7, 11) is 1.67. The normalized spacial score (nSPS) is 10.1. The van der Waals surface area contributed by atoms with Gasteiger partial charge in [-0.25, -0.2) is 9.97 Å². The highest BCUT2D eigenvalue weighted by molar-refractivity contribution is 5.41. The van der Waals surface area contributed by atoms with Gasteiger partial charge < -0.3 is 14.8 Å². The molecule has 0 fully saturated rings. The molecule has 0 aliphatic heterocycles. The highest BCUT2D eigenvalue weighted by Crippen LogP contribution is 2.19. The van der Waals surface area contributed by atoms with Gasteiger partial charge in [0.25, 0.3) is 0 Å². The fraction of sp³-hybridized carbons (Fsp3) is 0.333. The van der Waals surface area contributed by atoms with Crippen LogP contribution < -0.4 is 14.8 Å². The predicted molar refractivity (Wildman–Crippen MR) is 78.1 cm³/mol. The summed E-state index contributed by atoms with van der Waals surface area (Å²) in [5.74, 6) is 2.18. The molecule has 1 aromatic heterocycles. The number of ether oxygens (including phenoxy) is 2. The maximum absolute atomic E-state index is 5.48. The standard InChI is InChI=1S/C15H19N3O2/c1-3-8-20-15-9-14(17-11-18-15)16-10-12-6-4-5-7-13(12)19-2/h4-7,9,11H,3,8,10H2,1-2H3,(H,16,17,18). The van der Waals surface area contributed by atoms with Crippen LogP contribution in [0.2, 0.25) is 0 Å². The van der Waals surface area contributed by atoms with Crippen LogP contribution in [0.1, 0.15) is 18.9 Å². The number of benzene rings is 1. The molecule has 20 heavy (non-hydrogen) atoms. The lowest BCUT2D eigenvalue weighted by Gasteiger charge is -2.10. The second-order valence-corrected chi connectivity index (χ2v) is 4.26. The Balaban J connectivity index is 1.99. The van der Waals surface area contributed by atoms with Gasteiger partial charge >= 0.3 is 0 Å². The summed E-state index contributed by atoms with van der Waals surface area (Å²) in [6, 6.07) is 9.68. The van der Waals surface area contributed by atoms with Crippen LogP contribution in [0.5, 0.6) is 11.6 Å². The number of anilines is 1. The molecule has 0 unspecified atom stereocenters. The molecule has 0 bridgehead atoms. The van der Waals surface area contributed by atoms with Crippen LogP contribution in [0.3, 0.4) is 0 Å². The van der Waals surface area contributed by atoms with E-state index in [1.54, 1.807) is 13.2 Å². The van der Waals surface area contributed by atoms with E-state index in [4.69, 9.17) is 9.47 Å². The molecule has 0 aliphatic carbocycles. The Kier molecular flexibility index (Phi) is 5.17. The number of nitrogens with zero attached hydrogens (tertiary/aromatic N) is 2. The lowest BCUT2D eigenvalue weighted by molar-refractivity contribution is 0.305. The Morgan fingerprint density at radius 2 is 2.05 bits per heavy atom. The van der Waals surface area contributed by atoms with E-state index in [2.05, 4.69) is 22.2 Å². The van der Waals surface area contributed by atoms with Gasteiger partial charge in [-0.15, -0.1) is 0 Å². The lowest BCUT2D eigenvalue weighted by atomic mass is 10.2. The van der Waals surface area contributed by atoms with Crippen LogP contribution in [-0.4, -0.2) is 23.7 Å². The summed E-state index contributed by atoms with van der Waals surface area (Å²) < 4.78 is 10.8. The summed E-state index contributed by atoms with van der Waals surface area (Å²) >= 11 is 0. The minimum atomic E-state index is 0.587. The predicted octanol–water partition coefficient (Wildman–Crippen LogP) is 2.89. The van der Waals surface area contributed by atoms with Crippen molar-refractivity contribution in [3.63, 3.8) is 0 Å². The van der Waals surface area contributed by atoms with E-state index >= 15 is 0 Å². The van der Waals surface area contributed by atoms with Crippen molar-refractivity contribution in [3.05, 3.63) is 42.2 Å². The number of hydrogen-bond acceptors (Lipinski definition) is 5. The van der Waals surface area contributed by atoms with Gasteiger partial charge in [0.15, 0.2) is 0 Å². The highest BCUT2D eigenvalue weighted by atomic mass is 16.5. The quantitative estimate of drug-likeness (QED) is 0.840. The fourth-order valence-electron chi connectivity index (χ4n) is 1.76. The molecule has 5 heteroatoms. The molecule has 106 valence electrons. The smallest absolute Gasteiger partial charge is 0.218 e. The molecule has 1 N–H and O–H groups in total. The molecule has 0 radical (unpaired) electrons. The first-order valence-electron chi connectivity index (χ1n) is 6.64. The molecule has 1 heterocycles. The summed E-state index contributed by atoms with van der Waals surface area (Å²) in [6.45, 7) is 3.35. The molecule has 0 saturated carbocycles. The van der Waals surface area contributed by atoms with Gasteiger partial charge in [-0.1, -0.05) is 25.1 Å². The van der Waals surface area contributed by atoms with E-state index in [-0.39, 0.29) is 0 Å². The van der Waals surface area contributed by atoms with Gasteiger partial charge in [-0.05, 0) is 12.5 Å². The van der Waals surface area contributed by atoms with Crippen LogP contribution in [0, 0.1) is 0 Å². The fourth-order valence-corrected chi connectivity index (χ4v) is 1.76. The first-order chi connectivity index (χ1) is 9.83. The van der Waals surface area contributed by atoms with Gasteiger partial charge in [-0.3, -0.25) is 0 Å². The van der Waals surface area contributed by atoms with Crippen LogP contribution >= 0.6 is 0 Å². The Bertz CT molecular complexity index is 546. The van der Waals surface area contributed by atoms with Crippen LogP contribution in [0.4, 0.5) is 5.82 Å². The summed E-state index contributed by atoms with van der Waals surface area (Å²) in [6.07, 6.45) is 2.45. The Labute approximate surface area is 119 Å². The molecule has 0 spiro atoms. The van der Waals surface area contributed by atoms with Gasteiger partial charge in [0.2, 0.25) is 5.88 Å². The number of methoxy groups -OCH3 is 1. The summed E-state index contributed by atoms with van der Waals surface area (Å²) in [5.41, 5.74) is 1.07. The third-order valence-corrected chi connectivity index (χ3v) is 2.75. The van der Waals surface area contributed by atoms with Crippen molar-refractivity contribution >= 4 is 5.82 Å². The zero-order valence-electron chi connectivity index (χ0n) is 11.8. The first-order valence-corrected chi connectivity index (χ1v) is 6.64. The van der Waals surface area contributed by atoms with Crippen molar-refractivity contribution in [1.29, 1.82) is 0 Å². The Morgan fingerprint density at radius 1 is 1.20 bits per heavy atom. The Morgan fingerprint density at radius 3 is 2.85 bits per heavy atom. The van der Waals surface area contributed by atoms with Crippen molar-refractivity contribution < 1.29 is 9.47 Å². The van der Waals surface area contributed by atoms with E-state index in [0.29, 0.717) is 19.0 Å². The van der Waals surface area contributed by atoms with Gasteiger partial charge in [-0.2, -0.15) is 0 Å². The average Bonchev–Trinajstić information content (AvgIpc) is 2.51. The zero-order valence-corrected chi connectivity index (χ0v) is 11.8. The second-order valence-electron chi connectivity index (χ2n) is 4.26. The first kappa shape index (κ1) is 14.1. The molecule has 5 nitrogen and oxygen atoms in total. The van der Waals surface area contributed by atoms with Crippen molar-refractivity contribution in [2.75, 3.05) is 19.0 Å². The van der Waals surface area contributed by atoms with E-state index in [9.17, 15) is 0 Å². The van der Waals surface area contributed by atoms with Crippen molar-refractivity contribution in [3.8, 4) is 11.6 Å². The van der Waals surface area contributed by atoms with E-state index in [1.165, 1.54) is 6.33 Å². The van der Waals surface area contributed by atoms with E-state index in [1.807, 2.05) is 24.3 Å². The van der Waals surface area contributed by atoms with E-state index < -0.39 is 0 Å². The molecular weight excluding hydrogens is 254 g/mol. The number of nitrogens with one attached hydrogen (secondary N) is 1. The third kappa shape index (κ3) is 3.85. The average molecular weight is 273 g/mol. The summed E-state index contributed by atoms with van der Waals surface area (Å²) in [5, 5.41) is 3.24. The number of aromatic nitrogens is 2. The molecule has 0 atom stereocenters. The molecule has 2 rings (SSSR count). The van der Waals surface area contributed by atoms with Crippen LogP contribution in [0.15, 0.2) is 36.7 Å². The molecule has 1 aromatic carbocycles. The minimum Gasteiger partial charge on any atom is -0.496 e. The van der Waals surface area contributed by atoms with Crippen molar-refractivity contribution in [2.45, 2.75) is 19.9 Å². The minimum absolute atomic E-state index is 0.587. The maximum atomic E-state index is 5.48. The number of hydrogen-bond donors (Lipinski definition) is 1. The molecule has 0 amide bonds. The second kappa shape index (κ2) is 7.33. The highest BCUT2D eigenvalue weighted by Gasteiger charge is 2.03. The Hall–Kier alpha value is -2.30. The van der Waals surface area contributed by atoms with Gasteiger partial charge in [0, 0.05) is 18.2 Å². The van der Waals surface area contributed by atoms with Crippen molar-refractivity contribution in [2.24, 2.45) is 0 Å². The van der Waals surface area contributed by atoms with Gasteiger partial charge in [0.05, 0.1) is 13.7 Å². The molecular formula is C15H19N3O2. The van der Waals surface area contributed by atoms with E-state index in [0.717, 1.165) is 23.6 Å². The van der Waals surface area contributed by atoms with Crippen LogP contribution in [0.25, 0.3) is 0 Å². The lowest BCUT2D eigenvalue weighted by Crippen LogP contribution is -2.04. The summed E-state index contributed by atoms with van der Waals surface area (Å²) in [4.78, 5) is 8.24. The largest absolute Gasteiger partial charge is 0.496 e. The maximum Gasteiger partial charge on any atom is 0.218 e. The monoisotopic (exact) mass is 273 g/mol. The zero-order chi connectivity index (χ0) is 14.2. The molecule has 0 saturated heterocycles. The number of rotatable bonds is 7. The molecule has 0 aliphatic rings. The SMILES string of the molecule is CCCOc1cc(NCc2ccccc2OC)ncn1. The van der Waals surface area contributed by atoms with Gasteiger partial charge in [0.1, 0.15) is 17.9 Å². The topological polar surface area (TPSA) is 56.3 Å². The number of para-hydroxylation sites is 1. The van der Waals surface area contributed by atoms with Crippen LogP contribution in [-0.2, 0) is 6.54 Å².